The Morgan fingerprint density at radius 3 is 2.32 bits per heavy atom. The summed E-state index contributed by atoms with van der Waals surface area (Å²) in [5, 5.41) is 3.10. The molecule has 0 aromatic heterocycles. The van der Waals surface area contributed by atoms with Crippen LogP contribution in [0.2, 0.25) is 0 Å². The lowest BCUT2D eigenvalue weighted by atomic mass is 10.1. The standard InChI is InChI=1S/C24H32N2O2/c1-20(26-14-7-2-3-8-15-26)24(27)25-17-22-12-9-13-23(16-22)19-28-18-21-10-5-4-6-11-21/h4-6,9-13,16,20H,2-3,7-8,14-15,17-19H2,1H3,(H,25,27). The number of benzene rings is 2. The van der Waals surface area contributed by atoms with E-state index in [-0.39, 0.29) is 11.9 Å². The monoisotopic (exact) mass is 380 g/mol. The van der Waals surface area contributed by atoms with Gasteiger partial charge in [-0.3, -0.25) is 9.69 Å². The lowest BCUT2D eigenvalue weighted by molar-refractivity contribution is -0.126. The van der Waals surface area contributed by atoms with E-state index in [0.29, 0.717) is 19.8 Å². The molecular formula is C24H32N2O2. The summed E-state index contributed by atoms with van der Waals surface area (Å²) in [5.41, 5.74) is 3.41. The highest BCUT2D eigenvalue weighted by Crippen LogP contribution is 2.13. The highest BCUT2D eigenvalue weighted by atomic mass is 16.5. The number of carbonyl (C=O) groups excluding carboxylic acids is 1. The van der Waals surface area contributed by atoms with Crippen molar-refractivity contribution in [3.8, 4) is 0 Å². The summed E-state index contributed by atoms with van der Waals surface area (Å²) in [6, 6.07) is 18.4. The molecule has 1 saturated heterocycles. The number of ether oxygens (including phenoxy) is 1. The molecular weight excluding hydrogens is 348 g/mol. The minimum atomic E-state index is -0.0597. The summed E-state index contributed by atoms with van der Waals surface area (Å²) in [4.78, 5) is 14.9. The molecule has 0 aliphatic carbocycles. The molecule has 1 unspecified atom stereocenters. The van der Waals surface area contributed by atoms with Crippen molar-refractivity contribution < 1.29 is 9.53 Å². The highest BCUT2D eigenvalue weighted by molar-refractivity contribution is 5.81. The zero-order valence-electron chi connectivity index (χ0n) is 16.9. The smallest absolute Gasteiger partial charge is 0.237 e. The Morgan fingerprint density at radius 1 is 0.929 bits per heavy atom. The van der Waals surface area contributed by atoms with E-state index >= 15 is 0 Å². The molecule has 2 aromatic carbocycles. The number of nitrogens with zero attached hydrogens (tertiary/aromatic N) is 1. The van der Waals surface area contributed by atoms with E-state index in [2.05, 4.69) is 40.5 Å². The van der Waals surface area contributed by atoms with Crippen LogP contribution >= 0.6 is 0 Å². The van der Waals surface area contributed by atoms with Gasteiger partial charge in [0.15, 0.2) is 0 Å². The lowest BCUT2D eigenvalue weighted by Crippen LogP contribution is -2.45. The molecule has 150 valence electrons. The van der Waals surface area contributed by atoms with Crippen LogP contribution in [0.15, 0.2) is 54.6 Å². The second kappa shape index (κ2) is 11.0. The van der Waals surface area contributed by atoms with Crippen LogP contribution in [0.25, 0.3) is 0 Å². The van der Waals surface area contributed by atoms with E-state index in [1.807, 2.05) is 31.2 Å². The average Bonchev–Trinajstić information content (AvgIpc) is 3.02. The molecule has 0 bridgehead atoms. The van der Waals surface area contributed by atoms with Crippen molar-refractivity contribution in [2.24, 2.45) is 0 Å². The molecule has 3 rings (SSSR count). The van der Waals surface area contributed by atoms with Crippen LogP contribution in [-0.4, -0.2) is 29.9 Å². The topological polar surface area (TPSA) is 41.6 Å². The van der Waals surface area contributed by atoms with E-state index in [1.54, 1.807) is 0 Å². The van der Waals surface area contributed by atoms with Gasteiger partial charge in [0.2, 0.25) is 5.91 Å². The third-order valence-electron chi connectivity index (χ3n) is 5.41. The fourth-order valence-electron chi connectivity index (χ4n) is 3.68. The SMILES string of the molecule is CC(C(=O)NCc1cccc(COCc2ccccc2)c1)N1CCCCCC1. The first kappa shape index (κ1) is 20.6. The van der Waals surface area contributed by atoms with Crippen molar-refractivity contribution >= 4 is 5.91 Å². The van der Waals surface area contributed by atoms with E-state index in [9.17, 15) is 4.79 Å². The Bertz CT molecular complexity index is 724. The first-order chi connectivity index (χ1) is 13.7. The molecule has 0 spiro atoms. The maximum Gasteiger partial charge on any atom is 0.237 e. The average molecular weight is 381 g/mol. The molecule has 1 atom stereocenters. The number of amides is 1. The van der Waals surface area contributed by atoms with E-state index in [0.717, 1.165) is 24.2 Å². The highest BCUT2D eigenvalue weighted by Gasteiger charge is 2.21. The Labute approximate surface area is 168 Å². The van der Waals surface area contributed by atoms with Crippen LogP contribution in [0.4, 0.5) is 0 Å². The van der Waals surface area contributed by atoms with Crippen molar-refractivity contribution in [3.05, 3.63) is 71.3 Å². The quantitative estimate of drug-likeness (QED) is 0.743. The summed E-state index contributed by atoms with van der Waals surface area (Å²) in [7, 11) is 0. The van der Waals surface area contributed by atoms with Gasteiger partial charge in [0.25, 0.3) is 0 Å². The fraction of sp³-hybridized carbons (Fsp3) is 0.458. The molecule has 28 heavy (non-hydrogen) atoms. The number of carbonyl (C=O) groups is 1. The van der Waals surface area contributed by atoms with Crippen molar-refractivity contribution in [1.82, 2.24) is 10.2 Å². The van der Waals surface area contributed by atoms with Crippen molar-refractivity contribution in [1.29, 1.82) is 0 Å². The Balaban J connectivity index is 1.45. The van der Waals surface area contributed by atoms with Gasteiger partial charge in [-0.15, -0.1) is 0 Å². The molecule has 0 radical (unpaired) electrons. The Hall–Kier alpha value is -2.17. The minimum absolute atomic E-state index is 0.0597. The zero-order chi connectivity index (χ0) is 19.6. The van der Waals surface area contributed by atoms with Crippen molar-refractivity contribution in [2.75, 3.05) is 13.1 Å². The Morgan fingerprint density at radius 2 is 1.57 bits per heavy atom. The van der Waals surface area contributed by atoms with Crippen LogP contribution in [-0.2, 0) is 29.3 Å². The third kappa shape index (κ3) is 6.47. The van der Waals surface area contributed by atoms with Gasteiger partial charge in [0, 0.05) is 6.54 Å². The van der Waals surface area contributed by atoms with Crippen LogP contribution in [0, 0.1) is 0 Å². The number of rotatable bonds is 8. The van der Waals surface area contributed by atoms with Crippen LogP contribution in [0.3, 0.4) is 0 Å². The number of nitrogens with one attached hydrogen (secondary N) is 1. The molecule has 1 N–H and O–H groups in total. The number of hydrogen-bond acceptors (Lipinski definition) is 3. The first-order valence-electron chi connectivity index (χ1n) is 10.4. The zero-order valence-corrected chi connectivity index (χ0v) is 16.9. The van der Waals surface area contributed by atoms with Gasteiger partial charge >= 0.3 is 0 Å². The molecule has 1 fully saturated rings. The number of hydrogen-bond donors (Lipinski definition) is 1. The molecule has 1 aliphatic heterocycles. The maximum absolute atomic E-state index is 12.6. The molecule has 1 aliphatic rings. The summed E-state index contributed by atoms with van der Waals surface area (Å²) >= 11 is 0. The molecule has 4 heteroatoms. The second-order valence-electron chi connectivity index (χ2n) is 7.64. The molecule has 4 nitrogen and oxygen atoms in total. The lowest BCUT2D eigenvalue weighted by Gasteiger charge is -2.26. The van der Waals surface area contributed by atoms with Gasteiger partial charge in [-0.25, -0.2) is 0 Å². The summed E-state index contributed by atoms with van der Waals surface area (Å²) in [5.74, 6) is 0.118. The summed E-state index contributed by atoms with van der Waals surface area (Å²) in [6.07, 6.45) is 4.96. The van der Waals surface area contributed by atoms with Crippen LogP contribution in [0.1, 0.15) is 49.3 Å². The molecule has 1 heterocycles. The maximum atomic E-state index is 12.6. The Kier molecular flexibility index (Phi) is 8.07. The normalized spacial score (nSPS) is 16.3. The second-order valence-corrected chi connectivity index (χ2v) is 7.64. The summed E-state index contributed by atoms with van der Waals surface area (Å²) in [6.45, 7) is 5.82. The largest absolute Gasteiger partial charge is 0.372 e. The van der Waals surface area contributed by atoms with E-state index in [1.165, 1.54) is 31.2 Å². The van der Waals surface area contributed by atoms with E-state index < -0.39 is 0 Å². The van der Waals surface area contributed by atoms with Crippen molar-refractivity contribution in [3.63, 3.8) is 0 Å². The van der Waals surface area contributed by atoms with Gasteiger partial charge in [0.05, 0.1) is 19.3 Å². The predicted molar refractivity (Wildman–Crippen MR) is 113 cm³/mol. The van der Waals surface area contributed by atoms with Gasteiger partial charge in [-0.05, 0) is 49.5 Å². The van der Waals surface area contributed by atoms with Gasteiger partial charge < -0.3 is 10.1 Å². The van der Waals surface area contributed by atoms with E-state index in [4.69, 9.17) is 4.74 Å². The molecule has 1 amide bonds. The van der Waals surface area contributed by atoms with Crippen molar-refractivity contribution in [2.45, 2.75) is 58.4 Å². The molecule has 2 aromatic rings. The first-order valence-corrected chi connectivity index (χ1v) is 10.4. The minimum Gasteiger partial charge on any atom is -0.372 e. The van der Waals surface area contributed by atoms with Gasteiger partial charge in [-0.1, -0.05) is 67.4 Å². The fourth-order valence-corrected chi connectivity index (χ4v) is 3.68. The number of likely N-dealkylation sites (tertiary alicyclic amines) is 1. The third-order valence-corrected chi connectivity index (χ3v) is 5.41. The van der Waals surface area contributed by atoms with Gasteiger partial charge in [0.1, 0.15) is 0 Å². The summed E-state index contributed by atoms with van der Waals surface area (Å²) < 4.78 is 5.82. The molecule has 0 saturated carbocycles. The predicted octanol–water partition coefficient (Wildman–Crippen LogP) is 4.28. The van der Waals surface area contributed by atoms with Crippen LogP contribution < -0.4 is 5.32 Å². The van der Waals surface area contributed by atoms with Crippen LogP contribution in [0.5, 0.6) is 0 Å². The van der Waals surface area contributed by atoms with Gasteiger partial charge in [-0.2, -0.15) is 0 Å².